The van der Waals surface area contributed by atoms with Crippen molar-refractivity contribution < 1.29 is 18.4 Å². The Bertz CT molecular complexity index is 1480. The van der Waals surface area contributed by atoms with E-state index in [1.54, 1.807) is 36.6 Å². The number of para-hydroxylation sites is 1. The van der Waals surface area contributed by atoms with Crippen LogP contribution in [0.5, 0.6) is 0 Å². The number of nitrogens with one attached hydrogen (secondary N) is 1. The minimum Gasteiger partial charge on any atom is -0.464 e. The van der Waals surface area contributed by atoms with Crippen LogP contribution in [0.4, 0.5) is 5.69 Å². The first-order valence-corrected chi connectivity index (χ1v) is 11.4. The van der Waals surface area contributed by atoms with Gasteiger partial charge in [-0.25, -0.2) is 0 Å². The van der Waals surface area contributed by atoms with Gasteiger partial charge in [0, 0.05) is 30.8 Å². The van der Waals surface area contributed by atoms with Crippen molar-refractivity contribution in [1.82, 2.24) is 0 Å². The minimum atomic E-state index is -0.304. The van der Waals surface area contributed by atoms with Gasteiger partial charge in [0.1, 0.15) is 11.2 Å². The molecule has 5 aromatic rings. The van der Waals surface area contributed by atoms with E-state index in [-0.39, 0.29) is 23.9 Å². The number of hydrogen-bond acceptors (Lipinski definition) is 4. The maximum atomic E-state index is 13.2. The third-order valence-electron chi connectivity index (χ3n) is 5.14. The molecule has 0 atom stereocenters. The minimum absolute atomic E-state index is 0.0921. The standard InChI is InChI=1S/C25H15Br2NO4/c26-16-7-5-14(6-8-16)24(30)25-23(18-3-1-2-4-21(18)32-25)28-22(29)11-15-13-31-20-10-9-17(27)12-19(15)20/h1-10,12-13H,11H2,(H,28,29). The largest absolute Gasteiger partial charge is 0.464 e. The number of furan rings is 2. The number of benzene rings is 3. The lowest BCUT2D eigenvalue weighted by Gasteiger charge is -2.06. The van der Waals surface area contributed by atoms with Crippen LogP contribution in [0.15, 0.2) is 90.8 Å². The number of amides is 1. The molecule has 7 heteroatoms. The molecule has 0 aliphatic heterocycles. The van der Waals surface area contributed by atoms with E-state index in [1.807, 2.05) is 36.4 Å². The lowest BCUT2D eigenvalue weighted by molar-refractivity contribution is -0.115. The van der Waals surface area contributed by atoms with Crippen molar-refractivity contribution >= 4 is 71.2 Å². The first kappa shape index (κ1) is 20.7. The fourth-order valence-corrected chi connectivity index (χ4v) is 4.23. The van der Waals surface area contributed by atoms with E-state index in [4.69, 9.17) is 8.83 Å². The Morgan fingerprint density at radius 1 is 0.844 bits per heavy atom. The monoisotopic (exact) mass is 551 g/mol. The van der Waals surface area contributed by atoms with Crippen LogP contribution in [0.25, 0.3) is 21.9 Å². The molecule has 2 heterocycles. The lowest BCUT2D eigenvalue weighted by atomic mass is 10.1. The van der Waals surface area contributed by atoms with Crippen LogP contribution in [0.2, 0.25) is 0 Å². The summed E-state index contributed by atoms with van der Waals surface area (Å²) >= 11 is 6.82. The highest BCUT2D eigenvalue weighted by Gasteiger charge is 2.24. The number of carbonyl (C=O) groups is 2. The number of rotatable bonds is 5. The summed E-state index contributed by atoms with van der Waals surface area (Å²) in [4.78, 5) is 26.2. The van der Waals surface area contributed by atoms with Crippen LogP contribution in [0.1, 0.15) is 21.7 Å². The summed E-state index contributed by atoms with van der Waals surface area (Å²) in [6.07, 6.45) is 1.67. The van der Waals surface area contributed by atoms with Gasteiger partial charge in [-0.05, 0) is 54.6 Å². The van der Waals surface area contributed by atoms with Gasteiger partial charge in [-0.3, -0.25) is 9.59 Å². The number of ketones is 1. The first-order valence-electron chi connectivity index (χ1n) is 9.77. The fraction of sp³-hybridized carbons (Fsp3) is 0.0400. The number of fused-ring (bicyclic) bond motifs is 2. The summed E-state index contributed by atoms with van der Waals surface area (Å²) in [7, 11) is 0. The third kappa shape index (κ3) is 3.89. The van der Waals surface area contributed by atoms with Gasteiger partial charge in [-0.2, -0.15) is 0 Å². The highest BCUT2D eigenvalue weighted by atomic mass is 79.9. The molecular weight excluding hydrogens is 538 g/mol. The summed E-state index contributed by atoms with van der Waals surface area (Å²) in [6, 6.07) is 19.9. The lowest BCUT2D eigenvalue weighted by Crippen LogP contribution is -2.16. The SMILES string of the molecule is O=C(Cc1coc2ccc(Br)cc12)Nc1c(C(=O)c2ccc(Br)cc2)oc2ccccc12. The van der Waals surface area contributed by atoms with Gasteiger partial charge >= 0.3 is 0 Å². The first-order chi connectivity index (χ1) is 15.5. The van der Waals surface area contributed by atoms with Crippen molar-refractivity contribution in [2.75, 3.05) is 5.32 Å². The van der Waals surface area contributed by atoms with Gasteiger partial charge in [-0.1, -0.05) is 44.0 Å². The van der Waals surface area contributed by atoms with Crippen LogP contribution >= 0.6 is 31.9 Å². The predicted octanol–water partition coefficient (Wildman–Crippen LogP) is 7.12. The number of hydrogen-bond donors (Lipinski definition) is 1. The molecule has 0 unspecified atom stereocenters. The van der Waals surface area contributed by atoms with E-state index < -0.39 is 0 Å². The molecule has 0 bridgehead atoms. The van der Waals surface area contributed by atoms with Crippen LogP contribution < -0.4 is 5.32 Å². The second-order valence-corrected chi connectivity index (χ2v) is 9.10. The molecule has 0 spiro atoms. The van der Waals surface area contributed by atoms with Crippen molar-refractivity contribution in [3.05, 3.63) is 98.8 Å². The molecule has 0 saturated heterocycles. The topological polar surface area (TPSA) is 72.5 Å². The molecule has 1 amide bonds. The summed E-state index contributed by atoms with van der Waals surface area (Å²) in [5, 5.41) is 4.42. The molecule has 0 fully saturated rings. The number of carbonyl (C=O) groups excluding carboxylic acids is 2. The van der Waals surface area contributed by atoms with Crippen LogP contribution in [0.3, 0.4) is 0 Å². The average molecular weight is 553 g/mol. The van der Waals surface area contributed by atoms with E-state index in [0.717, 1.165) is 19.9 Å². The highest BCUT2D eigenvalue weighted by molar-refractivity contribution is 9.10. The van der Waals surface area contributed by atoms with Crippen LogP contribution in [0, 0.1) is 0 Å². The Balaban J connectivity index is 1.49. The van der Waals surface area contributed by atoms with E-state index >= 15 is 0 Å². The van der Waals surface area contributed by atoms with Gasteiger partial charge < -0.3 is 14.2 Å². The summed E-state index contributed by atoms with van der Waals surface area (Å²) in [5.74, 6) is -0.479. The summed E-state index contributed by atoms with van der Waals surface area (Å²) < 4.78 is 13.2. The van der Waals surface area contributed by atoms with Gasteiger partial charge in [0.25, 0.3) is 0 Å². The Hall–Kier alpha value is -3.16. The molecule has 32 heavy (non-hydrogen) atoms. The number of halogens is 2. The average Bonchev–Trinajstić information content (AvgIpc) is 3.35. The molecule has 0 aliphatic rings. The van der Waals surface area contributed by atoms with E-state index in [0.29, 0.717) is 27.8 Å². The van der Waals surface area contributed by atoms with E-state index in [9.17, 15) is 9.59 Å². The summed E-state index contributed by atoms with van der Waals surface area (Å²) in [6.45, 7) is 0. The molecule has 0 radical (unpaired) electrons. The van der Waals surface area contributed by atoms with Crippen LogP contribution in [-0.4, -0.2) is 11.7 Å². The maximum absolute atomic E-state index is 13.2. The molecule has 5 rings (SSSR count). The Labute approximate surface area is 199 Å². The molecule has 1 N–H and O–H groups in total. The molecule has 3 aromatic carbocycles. The predicted molar refractivity (Wildman–Crippen MR) is 130 cm³/mol. The second-order valence-electron chi connectivity index (χ2n) is 7.26. The zero-order chi connectivity index (χ0) is 22.2. The zero-order valence-electron chi connectivity index (χ0n) is 16.5. The quantitative estimate of drug-likeness (QED) is 0.236. The maximum Gasteiger partial charge on any atom is 0.230 e. The van der Waals surface area contributed by atoms with Crippen LogP contribution in [-0.2, 0) is 11.2 Å². The molecule has 2 aromatic heterocycles. The normalized spacial score (nSPS) is 11.2. The zero-order valence-corrected chi connectivity index (χ0v) is 19.7. The van der Waals surface area contributed by atoms with Gasteiger partial charge in [0.15, 0.2) is 5.76 Å². The van der Waals surface area contributed by atoms with E-state index in [2.05, 4.69) is 37.2 Å². The van der Waals surface area contributed by atoms with Gasteiger partial charge in [0.05, 0.1) is 18.4 Å². The molecule has 158 valence electrons. The number of anilines is 1. The summed E-state index contributed by atoms with van der Waals surface area (Å²) in [5.41, 5.74) is 2.82. The molecular formula is C25H15Br2NO4. The van der Waals surface area contributed by atoms with Crippen molar-refractivity contribution in [3.8, 4) is 0 Å². The Morgan fingerprint density at radius 2 is 1.59 bits per heavy atom. The smallest absolute Gasteiger partial charge is 0.230 e. The van der Waals surface area contributed by atoms with Gasteiger partial charge in [-0.15, -0.1) is 0 Å². The Morgan fingerprint density at radius 3 is 2.41 bits per heavy atom. The highest BCUT2D eigenvalue weighted by Crippen LogP contribution is 2.33. The van der Waals surface area contributed by atoms with Crippen molar-refractivity contribution in [2.24, 2.45) is 0 Å². The van der Waals surface area contributed by atoms with Gasteiger partial charge in [0.2, 0.25) is 11.7 Å². The third-order valence-corrected chi connectivity index (χ3v) is 6.16. The van der Waals surface area contributed by atoms with E-state index in [1.165, 1.54) is 0 Å². The van der Waals surface area contributed by atoms with Crippen molar-refractivity contribution in [3.63, 3.8) is 0 Å². The fourth-order valence-electron chi connectivity index (χ4n) is 3.61. The van der Waals surface area contributed by atoms with Crippen molar-refractivity contribution in [2.45, 2.75) is 6.42 Å². The molecule has 0 aliphatic carbocycles. The molecule has 5 nitrogen and oxygen atoms in total. The second kappa shape index (κ2) is 8.41. The molecule has 0 saturated carbocycles. The van der Waals surface area contributed by atoms with Crippen molar-refractivity contribution in [1.29, 1.82) is 0 Å². The Kier molecular flexibility index (Phi) is 5.45.